The van der Waals surface area contributed by atoms with Crippen LogP contribution in [0.2, 0.25) is 0 Å². The summed E-state index contributed by atoms with van der Waals surface area (Å²) in [5, 5.41) is 7.38. The fourth-order valence-corrected chi connectivity index (χ4v) is 9.69. The topological polar surface area (TPSA) is 182 Å². The highest BCUT2D eigenvalue weighted by Gasteiger charge is 2.63. The van der Waals surface area contributed by atoms with Gasteiger partial charge in [0.05, 0.1) is 17.9 Å². The molecule has 3 aliphatic heterocycles. The molecule has 7 rings (SSSR count). The quantitative estimate of drug-likeness (QED) is 0.306. The Balaban J connectivity index is 0.00000256. The van der Waals surface area contributed by atoms with Crippen LogP contribution in [-0.2, 0) is 35.6 Å². The molecule has 1 saturated heterocycles. The van der Waals surface area contributed by atoms with Gasteiger partial charge in [-0.3, -0.25) is 19.1 Å². The average molecular weight is 800 g/mol. The van der Waals surface area contributed by atoms with Gasteiger partial charge in [-0.2, -0.15) is 0 Å². The van der Waals surface area contributed by atoms with Crippen LogP contribution in [0, 0.1) is 17.8 Å². The lowest BCUT2D eigenvalue weighted by Gasteiger charge is -2.34. The molecule has 0 bridgehead atoms. The molecule has 7 atom stereocenters. The van der Waals surface area contributed by atoms with Gasteiger partial charge >= 0.3 is 6.09 Å². The number of hydrogen-bond donors (Lipinski definition) is 3. The number of carbonyl (C=O) groups excluding carboxylic acids is 4. The first kappa shape index (κ1) is 39.8. The van der Waals surface area contributed by atoms with Crippen LogP contribution in [0.4, 0.5) is 4.79 Å². The van der Waals surface area contributed by atoms with Crippen molar-refractivity contribution in [3.05, 3.63) is 42.1 Å². The van der Waals surface area contributed by atoms with Gasteiger partial charge in [0.15, 0.2) is 0 Å². The van der Waals surface area contributed by atoms with Gasteiger partial charge in [0, 0.05) is 40.0 Å². The summed E-state index contributed by atoms with van der Waals surface area (Å²) in [5.74, 6) is -1.34. The zero-order valence-electron chi connectivity index (χ0n) is 33.2. The number of hydrogen-bond acceptors (Lipinski definition) is 10. The van der Waals surface area contributed by atoms with E-state index in [9.17, 15) is 27.6 Å². The zero-order valence-corrected chi connectivity index (χ0v) is 34.0. The minimum Gasteiger partial charge on any atom is -0.492 e. The van der Waals surface area contributed by atoms with Gasteiger partial charge in [0.1, 0.15) is 35.1 Å². The summed E-state index contributed by atoms with van der Waals surface area (Å²) in [4.78, 5) is 62.8. The van der Waals surface area contributed by atoms with E-state index in [1.807, 2.05) is 37.3 Å². The molecule has 2 aliphatic carbocycles. The number of amides is 4. The Bertz CT molecular complexity index is 2060. The lowest BCUT2D eigenvalue weighted by Crippen LogP contribution is -2.59. The van der Waals surface area contributed by atoms with Crippen molar-refractivity contribution in [1.29, 1.82) is 0 Å². The monoisotopic (exact) mass is 799 g/mol. The Labute approximate surface area is 333 Å². The smallest absolute Gasteiger partial charge is 0.408 e. The molecule has 310 valence electrons. The highest BCUT2D eigenvalue weighted by Crippen LogP contribution is 2.48. The molecule has 15 heteroatoms. The summed E-state index contributed by atoms with van der Waals surface area (Å²) in [6, 6.07) is 3.64. The van der Waals surface area contributed by atoms with E-state index in [2.05, 4.69) is 27.3 Å². The second-order valence-corrected chi connectivity index (χ2v) is 19.8. The van der Waals surface area contributed by atoms with E-state index in [1.165, 1.54) is 4.90 Å². The first-order valence-electron chi connectivity index (χ1n) is 20.0. The summed E-state index contributed by atoms with van der Waals surface area (Å²) >= 11 is 0. The van der Waals surface area contributed by atoms with Crippen molar-refractivity contribution in [2.45, 2.75) is 133 Å². The summed E-state index contributed by atoms with van der Waals surface area (Å²) < 4.78 is 45.8. The van der Waals surface area contributed by atoms with Gasteiger partial charge in [0.25, 0.3) is 5.91 Å². The summed E-state index contributed by atoms with van der Waals surface area (Å²) in [5.41, 5.74) is -1.25. The molecule has 0 unspecified atom stereocenters. The molecule has 4 heterocycles. The normalized spacial score (nSPS) is 30.6. The van der Waals surface area contributed by atoms with Crippen LogP contribution in [0.15, 0.2) is 36.5 Å². The molecule has 1 aromatic carbocycles. The van der Waals surface area contributed by atoms with Gasteiger partial charge in [-0.15, -0.1) is 0 Å². The first-order chi connectivity index (χ1) is 26.4. The second kappa shape index (κ2) is 14.8. The lowest BCUT2D eigenvalue weighted by molar-refractivity contribution is -0.142. The molecule has 2 saturated carbocycles. The van der Waals surface area contributed by atoms with Gasteiger partial charge in [-0.05, 0) is 95.8 Å². The minimum absolute atomic E-state index is 0. The minimum atomic E-state index is -4.00. The van der Waals surface area contributed by atoms with Crippen molar-refractivity contribution in [1.82, 2.24) is 25.2 Å². The number of sulfonamides is 1. The maximum absolute atomic E-state index is 15.0. The van der Waals surface area contributed by atoms with Gasteiger partial charge < -0.3 is 29.7 Å². The van der Waals surface area contributed by atoms with E-state index in [0.29, 0.717) is 44.6 Å². The van der Waals surface area contributed by atoms with E-state index in [1.54, 1.807) is 33.9 Å². The predicted octanol–water partition coefficient (Wildman–Crippen LogP) is 5.43. The fourth-order valence-electron chi connectivity index (χ4n) is 8.38. The maximum Gasteiger partial charge on any atom is 0.408 e. The number of carbonyl (C=O) groups is 4. The van der Waals surface area contributed by atoms with Crippen LogP contribution in [0.5, 0.6) is 11.6 Å². The molecule has 1 aromatic heterocycles. The fraction of sp³-hybridized carbons (Fsp3) is 0.634. The molecule has 5 aliphatic rings. The Morgan fingerprint density at radius 1 is 1.14 bits per heavy atom. The summed E-state index contributed by atoms with van der Waals surface area (Å²) in [7, 11) is -4.00. The number of pyridine rings is 1. The van der Waals surface area contributed by atoms with Gasteiger partial charge in [0.2, 0.25) is 27.7 Å². The summed E-state index contributed by atoms with van der Waals surface area (Å²) in [6.07, 6.45) is 8.66. The van der Waals surface area contributed by atoms with E-state index in [4.69, 9.17) is 14.2 Å². The molecule has 3 N–H and O–H groups in total. The molecule has 3 fully saturated rings. The van der Waals surface area contributed by atoms with E-state index in [0.717, 1.165) is 34.9 Å². The molecule has 14 nitrogen and oxygen atoms in total. The van der Waals surface area contributed by atoms with Gasteiger partial charge in [-0.1, -0.05) is 38.5 Å². The van der Waals surface area contributed by atoms with E-state index >= 15 is 0 Å². The third-order valence-electron chi connectivity index (χ3n) is 12.1. The van der Waals surface area contributed by atoms with E-state index in [-0.39, 0.29) is 35.5 Å². The van der Waals surface area contributed by atoms with Crippen molar-refractivity contribution >= 4 is 44.6 Å². The summed E-state index contributed by atoms with van der Waals surface area (Å²) in [6.45, 7) is 11.5. The van der Waals surface area contributed by atoms with Crippen LogP contribution in [0.3, 0.4) is 0 Å². The molecule has 4 amide bonds. The second-order valence-electron chi connectivity index (χ2n) is 17.6. The van der Waals surface area contributed by atoms with Crippen LogP contribution < -0.4 is 24.8 Å². The number of rotatable bonds is 7. The maximum atomic E-state index is 15.0. The zero-order chi connectivity index (χ0) is 40.2. The molecule has 2 aromatic rings. The average Bonchev–Trinajstić information content (AvgIpc) is 3.91. The number of aromatic nitrogens is 1. The first-order valence-corrected chi connectivity index (χ1v) is 21.5. The predicted molar refractivity (Wildman–Crippen MR) is 215 cm³/mol. The van der Waals surface area contributed by atoms with Crippen molar-refractivity contribution in [3.63, 3.8) is 0 Å². The number of nitrogens with one attached hydrogen (secondary N) is 3. The molecular formula is C41H61N5O9S. The highest BCUT2D eigenvalue weighted by atomic mass is 32.2. The lowest BCUT2D eigenvalue weighted by atomic mass is 9.85. The Morgan fingerprint density at radius 3 is 2.62 bits per heavy atom. The molecule has 0 radical (unpaired) electrons. The third-order valence-corrected chi connectivity index (χ3v) is 14.3. The number of nitrogens with zero attached hydrogens (tertiary/aromatic N) is 2. The SMILES string of the molecule is CC[C@@H]1C[C@@H](C)CC/C=C\[C@@H]2C[C@@]2(C(=O)NS(=O)(=O)C2(C)CC2)NC(=O)[C@@H]2C[C@@H](Oc3nccc4c5c(ccc34)CCO5)CN2C(=O)[C@H]1NC(=O)OC(C)(C)C.[HH].[HH].[HH]. The molecule has 0 spiro atoms. The third kappa shape index (κ3) is 7.92. The molecule has 56 heavy (non-hydrogen) atoms. The number of ether oxygens (including phenoxy) is 3. The van der Waals surface area contributed by atoms with Crippen molar-refractivity contribution in [2.24, 2.45) is 17.8 Å². The Hall–Kier alpha value is -4.40. The van der Waals surface area contributed by atoms with Crippen LogP contribution in [0.1, 0.15) is 103 Å². The van der Waals surface area contributed by atoms with E-state index < -0.39 is 73.8 Å². The largest absolute Gasteiger partial charge is 0.492 e. The number of allylic oxidation sites excluding steroid dienone is 1. The van der Waals surface area contributed by atoms with Crippen LogP contribution in [-0.4, -0.2) is 89.3 Å². The van der Waals surface area contributed by atoms with Crippen molar-refractivity contribution < 1.29 is 46.1 Å². The Kier molecular flexibility index (Phi) is 10.5. The van der Waals surface area contributed by atoms with Crippen molar-refractivity contribution in [2.75, 3.05) is 13.2 Å². The number of benzene rings is 1. The Morgan fingerprint density at radius 2 is 1.91 bits per heavy atom. The molecular weight excluding hydrogens is 739 g/mol. The van der Waals surface area contributed by atoms with Crippen LogP contribution in [0.25, 0.3) is 10.8 Å². The van der Waals surface area contributed by atoms with Crippen LogP contribution >= 0.6 is 0 Å². The van der Waals surface area contributed by atoms with Gasteiger partial charge in [-0.25, -0.2) is 18.2 Å². The number of alkyl carbamates (subject to hydrolysis) is 1. The highest BCUT2D eigenvalue weighted by molar-refractivity contribution is 7.91. The number of fused-ring (bicyclic) bond motifs is 5. The standard InChI is InChI=1S/C41H55N5O9S.3H2/c1-7-25-20-24(2)10-8-9-11-27-22-41(27,37(49)45-56(51,52)40(6)16-17-40)44-34(47)31-21-28(23-46(31)36(48)32(25)43-38(50)55-39(3,4)5)54-35-30-13-12-26-15-19-53-33(26)29(30)14-18-42-35;;;/h9,11-14,18,24-25,27-28,31-32H,7-8,10,15-17,19-23H2,1-6H3,(H,43,50)(H,44,47)(H,45,49);3*1H/b11-9-;;;/t24-,25+,27+,28+,31-,32-,41+;;;/m0.../s1. The van der Waals surface area contributed by atoms with Crippen molar-refractivity contribution in [3.8, 4) is 11.6 Å².